The van der Waals surface area contributed by atoms with E-state index in [-0.39, 0.29) is 6.42 Å². The van der Waals surface area contributed by atoms with E-state index in [2.05, 4.69) is 11.9 Å². The number of thioether (sulfide) groups is 1. The maximum atomic E-state index is 13.8. The van der Waals surface area contributed by atoms with Gasteiger partial charge in [0.25, 0.3) is 0 Å². The second-order valence-corrected chi connectivity index (χ2v) is 12.8. The zero-order valence-electron chi connectivity index (χ0n) is 26.4. The maximum Gasteiger partial charge on any atom is 0.334 e. The van der Waals surface area contributed by atoms with Gasteiger partial charge < -0.3 is 19.7 Å². The van der Waals surface area contributed by atoms with E-state index in [1.165, 1.54) is 16.7 Å². The highest BCUT2D eigenvalue weighted by molar-refractivity contribution is 8.00. The van der Waals surface area contributed by atoms with Gasteiger partial charge in [-0.05, 0) is 34.2 Å². The highest BCUT2D eigenvalue weighted by Gasteiger charge is 2.57. The summed E-state index contributed by atoms with van der Waals surface area (Å²) in [5.74, 6) is -3.05. The average Bonchev–Trinajstić information content (AvgIpc) is 3.13. The number of carbonyl (C=O) groups is 4. The van der Waals surface area contributed by atoms with Crippen molar-refractivity contribution in [3.05, 3.63) is 156 Å². The number of ether oxygens (including phenoxy) is 2. The van der Waals surface area contributed by atoms with Crippen molar-refractivity contribution < 1.29 is 28.7 Å². The summed E-state index contributed by atoms with van der Waals surface area (Å²) >= 11 is 1.41. The average molecular weight is 661 g/mol. The lowest BCUT2D eigenvalue weighted by Gasteiger charge is -2.53. The summed E-state index contributed by atoms with van der Waals surface area (Å²) in [6, 6.07) is 35.6. The fourth-order valence-electron chi connectivity index (χ4n) is 6.08. The molecule has 2 unspecified atom stereocenters. The molecule has 4 aromatic carbocycles. The van der Waals surface area contributed by atoms with Crippen molar-refractivity contribution in [3.8, 4) is 0 Å². The molecule has 1 N–H and O–H groups in total. The summed E-state index contributed by atoms with van der Waals surface area (Å²) in [7, 11) is 0. The van der Waals surface area contributed by atoms with Gasteiger partial charge in [0.15, 0.2) is 18.2 Å². The van der Waals surface area contributed by atoms with E-state index < -0.39 is 59.3 Å². The SMILES string of the molecule is C=C1CS[C@H]2[C@H](NC(=O)C(CC)C(=O)OC(c3ccccc3)c3ccccc3)C(=O)N2C1C(=O)OC(c1ccccc1)c1ccccc1. The molecule has 0 aliphatic carbocycles. The number of carbonyl (C=O) groups excluding carboxylic acids is 4. The van der Waals surface area contributed by atoms with Crippen LogP contribution in [0.25, 0.3) is 0 Å². The van der Waals surface area contributed by atoms with Gasteiger partial charge in [-0.2, -0.15) is 0 Å². The van der Waals surface area contributed by atoms with Gasteiger partial charge in [0.05, 0.1) is 0 Å². The molecule has 244 valence electrons. The van der Waals surface area contributed by atoms with E-state index in [0.717, 1.165) is 22.3 Å². The van der Waals surface area contributed by atoms with Crippen molar-refractivity contribution in [1.29, 1.82) is 0 Å². The Morgan fingerprint density at radius 1 is 0.771 bits per heavy atom. The summed E-state index contributed by atoms with van der Waals surface area (Å²) in [5, 5.41) is 2.26. The lowest BCUT2D eigenvalue weighted by molar-refractivity contribution is -0.166. The largest absolute Gasteiger partial charge is 0.452 e. The molecule has 0 bridgehead atoms. The van der Waals surface area contributed by atoms with Crippen molar-refractivity contribution >= 4 is 35.5 Å². The lowest BCUT2D eigenvalue weighted by Crippen LogP contribution is -2.75. The van der Waals surface area contributed by atoms with E-state index in [9.17, 15) is 19.2 Å². The highest BCUT2D eigenvalue weighted by atomic mass is 32.2. The number of β-lactam (4-membered cyclic amide) rings is 1. The molecule has 8 nitrogen and oxygen atoms in total. The second-order valence-electron chi connectivity index (χ2n) is 11.7. The Hall–Kier alpha value is -5.15. The van der Waals surface area contributed by atoms with Crippen LogP contribution in [0.3, 0.4) is 0 Å². The van der Waals surface area contributed by atoms with E-state index >= 15 is 0 Å². The molecule has 4 aromatic rings. The lowest BCUT2D eigenvalue weighted by atomic mass is 9.96. The topological polar surface area (TPSA) is 102 Å². The molecule has 6 rings (SSSR count). The Balaban J connectivity index is 1.15. The van der Waals surface area contributed by atoms with Crippen molar-refractivity contribution in [2.45, 2.75) is 43.0 Å². The molecule has 2 fully saturated rings. The molecule has 4 atom stereocenters. The molecule has 2 aliphatic rings. The zero-order valence-corrected chi connectivity index (χ0v) is 27.3. The van der Waals surface area contributed by atoms with Gasteiger partial charge >= 0.3 is 11.9 Å². The number of fused-ring (bicyclic) bond motifs is 1. The van der Waals surface area contributed by atoms with Crippen LogP contribution in [-0.2, 0) is 28.7 Å². The molecule has 0 spiro atoms. The third kappa shape index (κ3) is 6.78. The van der Waals surface area contributed by atoms with Crippen LogP contribution in [0.2, 0.25) is 0 Å². The first-order valence-corrected chi connectivity index (χ1v) is 16.9. The molecular formula is C39H36N2O6S. The Morgan fingerprint density at radius 3 is 1.65 bits per heavy atom. The Kier molecular flexibility index (Phi) is 10.1. The molecule has 0 saturated carbocycles. The van der Waals surface area contributed by atoms with Gasteiger partial charge in [-0.3, -0.25) is 14.4 Å². The summed E-state index contributed by atoms with van der Waals surface area (Å²) in [4.78, 5) is 55.8. The first kappa shape index (κ1) is 32.8. The van der Waals surface area contributed by atoms with E-state index in [1.54, 1.807) is 6.92 Å². The van der Waals surface area contributed by atoms with Crippen LogP contribution in [0.15, 0.2) is 133 Å². The number of nitrogens with one attached hydrogen (secondary N) is 1. The minimum absolute atomic E-state index is 0.176. The predicted octanol–water partition coefficient (Wildman–Crippen LogP) is 6.00. The first-order chi connectivity index (χ1) is 23.4. The smallest absolute Gasteiger partial charge is 0.334 e. The van der Waals surface area contributed by atoms with Gasteiger partial charge in [0.2, 0.25) is 11.8 Å². The van der Waals surface area contributed by atoms with Gasteiger partial charge in [-0.25, -0.2) is 4.79 Å². The molecule has 0 radical (unpaired) electrons. The fourth-order valence-corrected chi connectivity index (χ4v) is 7.38. The number of rotatable bonds is 11. The van der Waals surface area contributed by atoms with E-state index in [1.807, 2.05) is 121 Å². The number of benzene rings is 4. The Labute approximate surface area is 284 Å². The molecule has 2 amide bonds. The zero-order chi connectivity index (χ0) is 33.6. The maximum absolute atomic E-state index is 13.8. The Morgan fingerprint density at radius 2 is 1.21 bits per heavy atom. The fraction of sp³-hybridized carbons (Fsp3) is 0.231. The van der Waals surface area contributed by atoms with Crippen LogP contribution in [0.1, 0.15) is 47.8 Å². The molecule has 2 heterocycles. The van der Waals surface area contributed by atoms with E-state index in [0.29, 0.717) is 11.3 Å². The third-order valence-electron chi connectivity index (χ3n) is 8.59. The quantitative estimate of drug-likeness (QED) is 0.0911. The number of nitrogens with zero attached hydrogens (tertiary/aromatic N) is 1. The monoisotopic (exact) mass is 660 g/mol. The Bertz CT molecular complexity index is 1690. The van der Waals surface area contributed by atoms with Crippen molar-refractivity contribution in [2.75, 3.05) is 5.75 Å². The molecule has 0 aromatic heterocycles. The summed E-state index contributed by atoms with van der Waals surface area (Å²) in [6.45, 7) is 5.81. The van der Waals surface area contributed by atoms with Crippen LogP contribution < -0.4 is 5.32 Å². The molecule has 9 heteroatoms. The number of esters is 2. The van der Waals surface area contributed by atoms with Crippen molar-refractivity contribution in [2.24, 2.45) is 5.92 Å². The second kappa shape index (κ2) is 14.7. The highest BCUT2D eigenvalue weighted by Crippen LogP contribution is 2.41. The first-order valence-electron chi connectivity index (χ1n) is 15.9. The number of hydrogen-bond donors (Lipinski definition) is 1. The van der Waals surface area contributed by atoms with Gasteiger partial charge in [0.1, 0.15) is 17.3 Å². The van der Waals surface area contributed by atoms with Crippen LogP contribution in [0, 0.1) is 5.92 Å². The van der Waals surface area contributed by atoms with Crippen LogP contribution in [-0.4, -0.2) is 51.9 Å². The molecule has 2 aliphatic heterocycles. The minimum atomic E-state index is -1.14. The van der Waals surface area contributed by atoms with Crippen LogP contribution in [0.4, 0.5) is 0 Å². The standard InChI is InChI=1S/C39H36N2O6S/c1-3-30(38(44)46-33(26-16-8-4-9-17-26)27-18-10-5-11-19-27)35(42)40-31-36(43)41-32(25(2)24-48-37(31)41)39(45)47-34(28-20-12-6-13-21-28)29-22-14-7-15-23-29/h4-23,30-34,37H,2-3,24H2,1H3,(H,40,42)/t30?,31-,32?,37+/m1/s1. The van der Waals surface area contributed by atoms with Crippen LogP contribution >= 0.6 is 11.8 Å². The van der Waals surface area contributed by atoms with Crippen molar-refractivity contribution in [3.63, 3.8) is 0 Å². The van der Waals surface area contributed by atoms with Gasteiger partial charge in [0, 0.05) is 5.75 Å². The van der Waals surface area contributed by atoms with E-state index in [4.69, 9.17) is 9.47 Å². The molecule has 2 saturated heterocycles. The van der Waals surface area contributed by atoms with Crippen LogP contribution in [0.5, 0.6) is 0 Å². The predicted molar refractivity (Wildman–Crippen MR) is 183 cm³/mol. The summed E-state index contributed by atoms with van der Waals surface area (Å²) in [6.07, 6.45) is -1.21. The van der Waals surface area contributed by atoms with Crippen molar-refractivity contribution in [1.82, 2.24) is 10.2 Å². The number of amides is 2. The normalized spacial score (nSPS) is 19.2. The minimum Gasteiger partial charge on any atom is -0.452 e. The summed E-state index contributed by atoms with van der Waals surface area (Å²) < 4.78 is 12.1. The summed E-state index contributed by atoms with van der Waals surface area (Å²) in [5.41, 5.74) is 3.68. The molecular weight excluding hydrogens is 625 g/mol. The molecule has 48 heavy (non-hydrogen) atoms. The number of hydrogen-bond acceptors (Lipinski definition) is 7. The van der Waals surface area contributed by atoms with Gasteiger partial charge in [-0.1, -0.05) is 135 Å². The third-order valence-corrected chi connectivity index (χ3v) is 9.97. The van der Waals surface area contributed by atoms with Gasteiger partial charge in [-0.15, -0.1) is 11.8 Å².